The molecule has 0 bridgehead atoms. The molecular weight excluding hydrogens is 408 g/mol. The molecule has 0 aromatic heterocycles. The van der Waals surface area contributed by atoms with E-state index in [1.165, 1.54) is 25.7 Å². The lowest BCUT2D eigenvalue weighted by molar-refractivity contribution is -0.153. The van der Waals surface area contributed by atoms with Crippen molar-refractivity contribution in [1.82, 2.24) is 0 Å². The lowest BCUT2D eigenvalue weighted by Crippen LogP contribution is -2.58. The third-order valence-corrected chi connectivity index (χ3v) is 11.4. The van der Waals surface area contributed by atoms with E-state index in [2.05, 4.69) is 33.8 Å². The van der Waals surface area contributed by atoms with Gasteiger partial charge in [-0.15, -0.1) is 0 Å². The Labute approximate surface area is 201 Å². The van der Waals surface area contributed by atoms with E-state index >= 15 is 0 Å². The van der Waals surface area contributed by atoms with E-state index in [0.29, 0.717) is 30.6 Å². The van der Waals surface area contributed by atoms with Crippen molar-refractivity contribution in [1.29, 1.82) is 0 Å². The first-order chi connectivity index (χ1) is 15.3. The molecule has 4 aliphatic rings. The molecule has 33 heavy (non-hydrogen) atoms. The molecule has 0 unspecified atom stereocenters. The Morgan fingerprint density at radius 1 is 1.15 bits per heavy atom. The second kappa shape index (κ2) is 8.18. The number of aliphatic hydroxyl groups excluding tert-OH is 1. The summed E-state index contributed by atoms with van der Waals surface area (Å²) in [5.41, 5.74) is 2.60. The predicted molar refractivity (Wildman–Crippen MR) is 134 cm³/mol. The van der Waals surface area contributed by atoms with Crippen LogP contribution in [0, 0.1) is 45.3 Å². The van der Waals surface area contributed by atoms with Gasteiger partial charge in [-0.1, -0.05) is 51.8 Å². The van der Waals surface area contributed by atoms with E-state index in [9.17, 15) is 14.7 Å². The maximum atomic E-state index is 12.9. The number of rotatable bonds is 5. The number of hydrogen-bond acceptors (Lipinski definition) is 3. The molecule has 3 saturated carbocycles. The third-order valence-electron chi connectivity index (χ3n) is 11.4. The van der Waals surface area contributed by atoms with Gasteiger partial charge in [0.1, 0.15) is 5.78 Å². The Bertz CT molecular complexity index is 894. The molecule has 4 aliphatic carbocycles. The maximum absolute atomic E-state index is 12.9. The molecular formula is C30H46O3. The third kappa shape index (κ3) is 3.46. The minimum absolute atomic E-state index is 0.0315. The van der Waals surface area contributed by atoms with Crippen LogP contribution < -0.4 is 0 Å². The Morgan fingerprint density at radius 3 is 2.48 bits per heavy atom. The number of allylic oxidation sites excluding steroid dienone is 4. The van der Waals surface area contributed by atoms with Gasteiger partial charge in [0.2, 0.25) is 0 Å². The molecule has 0 saturated heterocycles. The van der Waals surface area contributed by atoms with Crippen molar-refractivity contribution in [2.24, 2.45) is 45.3 Å². The van der Waals surface area contributed by atoms with Gasteiger partial charge in [-0.2, -0.15) is 0 Å². The predicted octanol–water partition coefficient (Wildman–Crippen LogP) is 6.69. The van der Waals surface area contributed by atoms with E-state index in [-0.39, 0.29) is 40.3 Å². The Balaban J connectivity index is 1.65. The number of carbonyl (C=O) groups is 2. The van der Waals surface area contributed by atoms with Crippen LogP contribution in [0.1, 0.15) is 99.8 Å². The van der Waals surface area contributed by atoms with E-state index in [0.717, 1.165) is 18.4 Å². The van der Waals surface area contributed by atoms with Gasteiger partial charge in [0, 0.05) is 12.8 Å². The van der Waals surface area contributed by atoms with E-state index in [1.54, 1.807) is 5.57 Å². The summed E-state index contributed by atoms with van der Waals surface area (Å²) in [6.07, 6.45) is 12.2. The number of ketones is 2. The molecule has 4 rings (SSSR count). The minimum Gasteiger partial charge on any atom is -0.395 e. The number of hydrogen-bond donors (Lipinski definition) is 1. The molecule has 0 aliphatic heterocycles. The Hall–Kier alpha value is -1.22. The average molecular weight is 455 g/mol. The van der Waals surface area contributed by atoms with Crippen LogP contribution in [0.5, 0.6) is 0 Å². The van der Waals surface area contributed by atoms with Gasteiger partial charge in [-0.25, -0.2) is 0 Å². The Morgan fingerprint density at radius 2 is 1.85 bits per heavy atom. The molecule has 0 aromatic carbocycles. The van der Waals surface area contributed by atoms with Crippen molar-refractivity contribution < 1.29 is 14.7 Å². The van der Waals surface area contributed by atoms with Crippen LogP contribution in [0.15, 0.2) is 23.3 Å². The van der Waals surface area contributed by atoms with Gasteiger partial charge in [0.05, 0.1) is 12.0 Å². The monoisotopic (exact) mass is 454 g/mol. The quantitative estimate of drug-likeness (QED) is 0.372. The largest absolute Gasteiger partial charge is 0.395 e. The molecule has 0 heterocycles. The summed E-state index contributed by atoms with van der Waals surface area (Å²) in [5, 5.41) is 10.3. The fraction of sp³-hybridized carbons (Fsp3) is 0.800. The standard InChI is InChI=1S/C30H46O3/c1-19(2)16-21(32)17-20(3)22-10-14-30(7)24-8-9-25-27(4,23(24)11-15-29(22,30)6)13-12-26(33)28(25,5)18-31/h8,16,20,22-23,25,31H,9-15,17-18H2,1-7H3/t20-,22-,23-,25+,27+,28+,29-,30+/m0/s1. The first-order valence-electron chi connectivity index (χ1n) is 13.4. The lowest BCUT2D eigenvalue weighted by atomic mass is 9.41. The van der Waals surface area contributed by atoms with Crippen molar-refractivity contribution in [3.05, 3.63) is 23.3 Å². The first-order valence-corrected chi connectivity index (χ1v) is 13.4. The summed E-state index contributed by atoms with van der Waals surface area (Å²) in [6, 6.07) is 0. The van der Waals surface area contributed by atoms with Crippen LogP contribution in [0.2, 0.25) is 0 Å². The molecule has 3 nitrogen and oxygen atoms in total. The molecule has 3 heteroatoms. The summed E-state index contributed by atoms with van der Waals surface area (Å²) < 4.78 is 0. The van der Waals surface area contributed by atoms with E-state index in [4.69, 9.17) is 0 Å². The summed E-state index contributed by atoms with van der Waals surface area (Å²) in [5.74, 6) is 2.24. The zero-order valence-electron chi connectivity index (χ0n) is 22.1. The van der Waals surface area contributed by atoms with Gasteiger partial charge >= 0.3 is 0 Å². The molecule has 0 aromatic rings. The van der Waals surface area contributed by atoms with Crippen molar-refractivity contribution in [2.75, 3.05) is 6.61 Å². The highest BCUT2D eigenvalue weighted by Gasteiger charge is 2.65. The zero-order valence-corrected chi connectivity index (χ0v) is 22.1. The van der Waals surface area contributed by atoms with Crippen LogP contribution in [0.3, 0.4) is 0 Å². The molecule has 1 N–H and O–H groups in total. The fourth-order valence-electron chi connectivity index (χ4n) is 9.34. The van der Waals surface area contributed by atoms with Gasteiger partial charge in [0.15, 0.2) is 5.78 Å². The van der Waals surface area contributed by atoms with Crippen LogP contribution in [-0.2, 0) is 9.59 Å². The van der Waals surface area contributed by atoms with Crippen LogP contribution in [-0.4, -0.2) is 23.3 Å². The second-order valence-corrected chi connectivity index (χ2v) is 13.3. The first kappa shape index (κ1) is 24.9. The van der Waals surface area contributed by atoms with Crippen molar-refractivity contribution in [3.8, 4) is 0 Å². The zero-order chi connectivity index (χ0) is 24.4. The minimum atomic E-state index is -0.602. The van der Waals surface area contributed by atoms with E-state index < -0.39 is 5.41 Å². The molecule has 3 fully saturated rings. The SMILES string of the molecule is CC(C)=CC(=O)C[C@H](C)[C@@H]1CC[C@]2(C)C3=CC[C@@H]4[C@](C)(CCC(=O)[C@]4(C)CO)[C@H]3CC[C@@]12C. The number of aliphatic hydroxyl groups is 1. The summed E-state index contributed by atoms with van der Waals surface area (Å²) >= 11 is 0. The number of Topliss-reactive ketones (excluding diaryl/α,β-unsaturated/α-hetero) is 1. The Kier molecular flexibility index (Phi) is 6.17. The lowest BCUT2D eigenvalue weighted by Gasteiger charge is -2.63. The highest BCUT2D eigenvalue weighted by atomic mass is 16.3. The van der Waals surface area contributed by atoms with Crippen LogP contribution in [0.25, 0.3) is 0 Å². The van der Waals surface area contributed by atoms with Crippen molar-refractivity contribution >= 4 is 11.6 Å². The maximum Gasteiger partial charge on any atom is 0.155 e. The smallest absolute Gasteiger partial charge is 0.155 e. The van der Waals surface area contributed by atoms with Gasteiger partial charge < -0.3 is 5.11 Å². The second-order valence-electron chi connectivity index (χ2n) is 13.3. The topological polar surface area (TPSA) is 54.4 Å². The molecule has 8 atom stereocenters. The molecule has 0 radical (unpaired) electrons. The highest BCUT2D eigenvalue weighted by Crippen LogP contribution is 2.73. The van der Waals surface area contributed by atoms with Gasteiger partial charge in [-0.3, -0.25) is 9.59 Å². The summed E-state index contributed by atoms with van der Waals surface area (Å²) in [4.78, 5) is 25.4. The van der Waals surface area contributed by atoms with Crippen molar-refractivity contribution in [3.63, 3.8) is 0 Å². The highest BCUT2D eigenvalue weighted by molar-refractivity contribution is 5.90. The normalized spacial score (nSPS) is 45.4. The van der Waals surface area contributed by atoms with Crippen LogP contribution >= 0.6 is 0 Å². The fourth-order valence-corrected chi connectivity index (χ4v) is 9.34. The molecule has 0 amide bonds. The van der Waals surface area contributed by atoms with Crippen LogP contribution in [0.4, 0.5) is 0 Å². The van der Waals surface area contributed by atoms with Gasteiger partial charge in [-0.05, 0) is 98.4 Å². The summed E-state index contributed by atoms with van der Waals surface area (Å²) in [6.45, 7) is 15.7. The number of fused-ring (bicyclic) bond motifs is 5. The molecule has 0 spiro atoms. The van der Waals surface area contributed by atoms with Gasteiger partial charge in [0.25, 0.3) is 0 Å². The average Bonchev–Trinajstić information content (AvgIpc) is 3.02. The van der Waals surface area contributed by atoms with Crippen molar-refractivity contribution in [2.45, 2.75) is 99.8 Å². The number of carbonyl (C=O) groups excluding carboxylic acids is 2. The molecule has 184 valence electrons. The van der Waals surface area contributed by atoms with E-state index in [1.807, 2.05) is 26.8 Å². The summed E-state index contributed by atoms with van der Waals surface area (Å²) in [7, 11) is 0.